The average Bonchev–Trinajstić information content (AvgIpc) is 2.88. The lowest BCUT2D eigenvalue weighted by atomic mass is 9.81. The number of rotatable bonds is 1. The van der Waals surface area contributed by atoms with Crippen molar-refractivity contribution in [3.05, 3.63) is 29.8 Å². The molecule has 4 heteroatoms. The van der Waals surface area contributed by atoms with E-state index in [4.69, 9.17) is 0 Å². The van der Waals surface area contributed by atoms with Gasteiger partial charge in [0.05, 0.1) is 11.1 Å². The van der Waals surface area contributed by atoms with Crippen LogP contribution in [0.3, 0.4) is 0 Å². The highest BCUT2D eigenvalue weighted by Crippen LogP contribution is 2.44. The van der Waals surface area contributed by atoms with Crippen molar-refractivity contribution in [3.63, 3.8) is 0 Å². The van der Waals surface area contributed by atoms with Crippen molar-refractivity contribution in [3.8, 4) is 0 Å². The fourth-order valence-corrected chi connectivity index (χ4v) is 2.84. The molecule has 0 aliphatic carbocycles. The van der Waals surface area contributed by atoms with Crippen LogP contribution in [-0.2, 0) is 10.2 Å². The van der Waals surface area contributed by atoms with Gasteiger partial charge in [0.2, 0.25) is 5.91 Å². The average molecular weight is 218 g/mol. The second-order valence-corrected chi connectivity index (χ2v) is 4.40. The summed E-state index contributed by atoms with van der Waals surface area (Å²) >= 11 is 0. The first-order valence-corrected chi connectivity index (χ1v) is 5.53. The number of aliphatic hydroxyl groups is 1. The molecule has 1 aromatic rings. The molecular weight excluding hydrogens is 204 g/mol. The van der Waals surface area contributed by atoms with Crippen LogP contribution in [0, 0.1) is 0 Å². The van der Waals surface area contributed by atoms with E-state index in [0.29, 0.717) is 6.54 Å². The van der Waals surface area contributed by atoms with Crippen LogP contribution in [0.2, 0.25) is 0 Å². The Morgan fingerprint density at radius 3 is 2.94 bits per heavy atom. The van der Waals surface area contributed by atoms with Crippen molar-refractivity contribution in [2.24, 2.45) is 0 Å². The van der Waals surface area contributed by atoms with E-state index in [-0.39, 0.29) is 12.6 Å². The maximum atomic E-state index is 12.3. The van der Waals surface area contributed by atoms with Gasteiger partial charge >= 0.3 is 0 Å². The molecule has 84 valence electrons. The predicted molar refractivity (Wildman–Crippen MR) is 60.2 cm³/mol. The fraction of sp³-hybridized carbons (Fsp3) is 0.417. The van der Waals surface area contributed by atoms with Crippen LogP contribution in [0.5, 0.6) is 0 Å². The molecule has 0 bridgehead atoms. The van der Waals surface area contributed by atoms with Gasteiger partial charge < -0.3 is 10.4 Å². The molecule has 1 aromatic carbocycles. The lowest BCUT2D eigenvalue weighted by molar-refractivity contribution is -0.123. The summed E-state index contributed by atoms with van der Waals surface area (Å²) in [5.41, 5.74) is 1.48. The van der Waals surface area contributed by atoms with E-state index in [0.717, 1.165) is 24.2 Å². The van der Waals surface area contributed by atoms with Gasteiger partial charge in [-0.1, -0.05) is 18.2 Å². The first kappa shape index (κ1) is 9.81. The third-order valence-electron chi connectivity index (χ3n) is 3.66. The van der Waals surface area contributed by atoms with Gasteiger partial charge in [-0.05, 0) is 24.6 Å². The molecule has 1 atom stereocenters. The van der Waals surface area contributed by atoms with Gasteiger partial charge in [0.15, 0.2) is 0 Å². The summed E-state index contributed by atoms with van der Waals surface area (Å²) in [4.78, 5) is 13.8. The number of carbonyl (C=O) groups excluding carboxylic acids is 1. The largest absolute Gasteiger partial charge is 0.376 e. The molecule has 2 heterocycles. The van der Waals surface area contributed by atoms with Gasteiger partial charge in [-0.3, -0.25) is 9.69 Å². The first-order valence-electron chi connectivity index (χ1n) is 5.53. The number of benzene rings is 1. The van der Waals surface area contributed by atoms with Crippen LogP contribution >= 0.6 is 0 Å². The Kier molecular flexibility index (Phi) is 2.02. The highest BCUT2D eigenvalue weighted by Gasteiger charge is 2.51. The Labute approximate surface area is 93.9 Å². The Hall–Kier alpha value is -1.39. The SMILES string of the molecule is O=C1N(CO)c2ccccc2C12CCNC2. The zero-order valence-electron chi connectivity index (χ0n) is 8.94. The third kappa shape index (κ3) is 1.03. The number of hydrogen-bond acceptors (Lipinski definition) is 3. The van der Waals surface area contributed by atoms with Crippen LogP contribution in [-0.4, -0.2) is 30.8 Å². The minimum atomic E-state index is -0.431. The zero-order valence-corrected chi connectivity index (χ0v) is 8.94. The lowest BCUT2D eigenvalue weighted by Gasteiger charge is -2.21. The molecule has 0 aromatic heterocycles. The Morgan fingerprint density at radius 2 is 2.25 bits per heavy atom. The number of para-hydroxylation sites is 1. The molecule has 1 amide bonds. The van der Waals surface area contributed by atoms with Crippen molar-refractivity contribution in [1.29, 1.82) is 0 Å². The Morgan fingerprint density at radius 1 is 1.44 bits per heavy atom. The van der Waals surface area contributed by atoms with E-state index < -0.39 is 5.41 Å². The van der Waals surface area contributed by atoms with E-state index in [1.807, 2.05) is 24.3 Å². The summed E-state index contributed by atoms with van der Waals surface area (Å²) in [6.07, 6.45) is 0.819. The summed E-state index contributed by atoms with van der Waals surface area (Å²) in [5.74, 6) is 0.0289. The third-order valence-corrected chi connectivity index (χ3v) is 3.66. The van der Waals surface area contributed by atoms with Crippen molar-refractivity contribution < 1.29 is 9.90 Å². The van der Waals surface area contributed by atoms with E-state index in [1.54, 1.807) is 0 Å². The molecule has 2 N–H and O–H groups in total. The number of anilines is 1. The predicted octanol–water partition coefficient (Wildman–Crippen LogP) is 0.214. The van der Waals surface area contributed by atoms with Crippen molar-refractivity contribution in [2.75, 3.05) is 24.7 Å². The molecule has 1 spiro atoms. The molecule has 16 heavy (non-hydrogen) atoms. The van der Waals surface area contributed by atoms with Crippen LogP contribution < -0.4 is 10.2 Å². The van der Waals surface area contributed by atoms with Crippen LogP contribution in [0.25, 0.3) is 0 Å². The molecule has 0 radical (unpaired) electrons. The maximum Gasteiger partial charge on any atom is 0.240 e. The quantitative estimate of drug-likeness (QED) is 0.708. The van der Waals surface area contributed by atoms with Crippen molar-refractivity contribution >= 4 is 11.6 Å². The van der Waals surface area contributed by atoms with Gasteiger partial charge in [0.25, 0.3) is 0 Å². The van der Waals surface area contributed by atoms with E-state index in [9.17, 15) is 9.90 Å². The van der Waals surface area contributed by atoms with Crippen LogP contribution in [0.1, 0.15) is 12.0 Å². The molecule has 1 saturated heterocycles. The Bertz CT molecular complexity index is 438. The summed E-state index contributed by atoms with van der Waals surface area (Å²) in [6.45, 7) is 1.30. The van der Waals surface area contributed by atoms with Gasteiger partial charge in [-0.2, -0.15) is 0 Å². The highest BCUT2D eigenvalue weighted by atomic mass is 16.3. The van der Waals surface area contributed by atoms with E-state index in [2.05, 4.69) is 5.32 Å². The highest BCUT2D eigenvalue weighted by molar-refractivity contribution is 6.08. The van der Waals surface area contributed by atoms with E-state index in [1.165, 1.54) is 4.90 Å². The molecule has 2 aliphatic rings. The van der Waals surface area contributed by atoms with Gasteiger partial charge in [0.1, 0.15) is 6.73 Å². The molecule has 1 fully saturated rings. The van der Waals surface area contributed by atoms with Crippen LogP contribution in [0.15, 0.2) is 24.3 Å². The standard InChI is InChI=1S/C12H14N2O2/c15-8-14-10-4-2-1-3-9(10)12(11(14)16)5-6-13-7-12/h1-4,13,15H,5-8H2. The number of nitrogens with one attached hydrogen (secondary N) is 1. The number of amides is 1. The normalized spacial score (nSPS) is 27.8. The number of fused-ring (bicyclic) bond motifs is 2. The van der Waals surface area contributed by atoms with Gasteiger partial charge in [0, 0.05) is 6.54 Å². The number of aliphatic hydroxyl groups excluding tert-OH is 1. The monoisotopic (exact) mass is 218 g/mol. The van der Waals surface area contributed by atoms with E-state index >= 15 is 0 Å². The second-order valence-electron chi connectivity index (χ2n) is 4.40. The molecule has 3 rings (SSSR count). The minimum Gasteiger partial charge on any atom is -0.376 e. The molecule has 0 saturated carbocycles. The Balaban J connectivity index is 2.19. The summed E-state index contributed by atoms with van der Waals surface area (Å²) in [6, 6.07) is 7.75. The topological polar surface area (TPSA) is 52.6 Å². The molecular formula is C12H14N2O2. The van der Waals surface area contributed by atoms with Crippen LogP contribution in [0.4, 0.5) is 5.69 Å². The zero-order chi connectivity index (χ0) is 11.2. The van der Waals surface area contributed by atoms with Crippen molar-refractivity contribution in [2.45, 2.75) is 11.8 Å². The molecule has 4 nitrogen and oxygen atoms in total. The number of nitrogens with zero attached hydrogens (tertiary/aromatic N) is 1. The number of hydrogen-bond donors (Lipinski definition) is 2. The summed E-state index contributed by atoms with van der Waals surface area (Å²) in [5, 5.41) is 12.6. The smallest absolute Gasteiger partial charge is 0.240 e. The minimum absolute atomic E-state index is 0.0289. The summed E-state index contributed by atoms with van der Waals surface area (Å²) in [7, 11) is 0. The molecule has 1 unspecified atom stereocenters. The van der Waals surface area contributed by atoms with Gasteiger partial charge in [-0.15, -0.1) is 0 Å². The first-order chi connectivity index (χ1) is 7.79. The fourth-order valence-electron chi connectivity index (χ4n) is 2.84. The lowest BCUT2D eigenvalue weighted by Crippen LogP contribution is -2.42. The molecule has 2 aliphatic heterocycles. The second kappa shape index (κ2) is 3.30. The van der Waals surface area contributed by atoms with Crippen molar-refractivity contribution in [1.82, 2.24) is 5.32 Å². The van der Waals surface area contributed by atoms with Gasteiger partial charge in [-0.25, -0.2) is 0 Å². The number of carbonyl (C=O) groups is 1. The maximum absolute atomic E-state index is 12.3. The summed E-state index contributed by atoms with van der Waals surface area (Å²) < 4.78 is 0.